The molecular weight excluding hydrogens is 226 g/mol. The lowest BCUT2D eigenvalue weighted by Crippen LogP contribution is -2.03. The van der Waals surface area contributed by atoms with Crippen LogP contribution in [0.5, 0.6) is 0 Å². The summed E-state index contributed by atoms with van der Waals surface area (Å²) in [6, 6.07) is 14.9. The Balaban J connectivity index is 2.39. The van der Waals surface area contributed by atoms with Crippen molar-refractivity contribution in [3.63, 3.8) is 0 Å². The quantitative estimate of drug-likeness (QED) is 0.702. The third-order valence-corrected chi connectivity index (χ3v) is 2.89. The van der Waals surface area contributed by atoms with Gasteiger partial charge in [-0.3, -0.25) is 14.6 Å². The number of hydrogen-bond acceptors (Lipinski definition) is 2. The molecule has 0 fully saturated rings. The fourth-order valence-corrected chi connectivity index (χ4v) is 2.07. The highest BCUT2D eigenvalue weighted by molar-refractivity contribution is 5.94. The van der Waals surface area contributed by atoms with E-state index in [4.69, 9.17) is 5.26 Å². The van der Waals surface area contributed by atoms with Gasteiger partial charge in [0.2, 0.25) is 0 Å². The van der Waals surface area contributed by atoms with Gasteiger partial charge in [-0.25, -0.2) is 0 Å². The SMILES string of the molecule is N#Cc1ccc(-n2ccc(=O)[nH]2)c2ccccc12. The van der Waals surface area contributed by atoms with Crippen LogP contribution < -0.4 is 5.56 Å². The monoisotopic (exact) mass is 235 g/mol. The highest BCUT2D eigenvalue weighted by Crippen LogP contribution is 2.24. The number of aromatic amines is 1. The second-order valence-corrected chi connectivity index (χ2v) is 3.95. The Morgan fingerprint density at radius 2 is 1.83 bits per heavy atom. The smallest absolute Gasteiger partial charge is 0.264 e. The summed E-state index contributed by atoms with van der Waals surface area (Å²) in [7, 11) is 0. The van der Waals surface area contributed by atoms with Gasteiger partial charge in [-0.05, 0) is 12.1 Å². The summed E-state index contributed by atoms with van der Waals surface area (Å²) in [5.41, 5.74) is 1.33. The Bertz CT molecular complexity index is 821. The summed E-state index contributed by atoms with van der Waals surface area (Å²) >= 11 is 0. The van der Waals surface area contributed by atoms with E-state index in [1.54, 1.807) is 16.9 Å². The first-order valence-electron chi connectivity index (χ1n) is 5.49. The molecule has 0 atom stereocenters. The van der Waals surface area contributed by atoms with Gasteiger partial charge in [0.25, 0.3) is 5.56 Å². The first kappa shape index (κ1) is 10.4. The lowest BCUT2D eigenvalue weighted by Gasteiger charge is -2.08. The van der Waals surface area contributed by atoms with Crippen molar-refractivity contribution < 1.29 is 0 Å². The zero-order chi connectivity index (χ0) is 12.5. The normalized spacial score (nSPS) is 10.4. The van der Waals surface area contributed by atoms with Crippen LogP contribution >= 0.6 is 0 Å². The van der Waals surface area contributed by atoms with Gasteiger partial charge in [-0.1, -0.05) is 24.3 Å². The van der Waals surface area contributed by atoms with E-state index in [0.29, 0.717) is 5.56 Å². The lowest BCUT2D eigenvalue weighted by molar-refractivity contribution is 0.870. The third kappa shape index (κ3) is 1.50. The van der Waals surface area contributed by atoms with Crippen molar-refractivity contribution in [2.75, 3.05) is 0 Å². The fourth-order valence-electron chi connectivity index (χ4n) is 2.07. The number of hydrogen-bond donors (Lipinski definition) is 1. The zero-order valence-corrected chi connectivity index (χ0v) is 9.42. The van der Waals surface area contributed by atoms with Gasteiger partial charge >= 0.3 is 0 Å². The highest BCUT2D eigenvalue weighted by Gasteiger charge is 2.06. The van der Waals surface area contributed by atoms with Crippen LogP contribution in [0.15, 0.2) is 53.5 Å². The van der Waals surface area contributed by atoms with E-state index < -0.39 is 0 Å². The average molecular weight is 235 g/mol. The lowest BCUT2D eigenvalue weighted by atomic mass is 10.0. The van der Waals surface area contributed by atoms with E-state index in [1.165, 1.54) is 6.07 Å². The molecule has 0 aliphatic rings. The predicted octanol–water partition coefficient (Wildman–Crippen LogP) is 2.19. The largest absolute Gasteiger partial charge is 0.268 e. The summed E-state index contributed by atoms with van der Waals surface area (Å²) in [6.07, 6.45) is 1.68. The van der Waals surface area contributed by atoms with Crippen molar-refractivity contribution in [3.05, 3.63) is 64.6 Å². The Kier molecular flexibility index (Phi) is 2.24. The van der Waals surface area contributed by atoms with Crippen LogP contribution in [-0.2, 0) is 0 Å². The molecule has 0 unspecified atom stereocenters. The van der Waals surface area contributed by atoms with Crippen molar-refractivity contribution in [2.24, 2.45) is 0 Å². The number of fused-ring (bicyclic) bond motifs is 1. The number of H-pyrrole nitrogens is 1. The second kappa shape index (κ2) is 3.90. The topological polar surface area (TPSA) is 61.6 Å². The molecule has 0 saturated carbocycles. The summed E-state index contributed by atoms with van der Waals surface area (Å²) in [4.78, 5) is 11.2. The van der Waals surface area contributed by atoms with Gasteiger partial charge in [0, 0.05) is 23.0 Å². The maximum Gasteiger partial charge on any atom is 0.264 e. The van der Waals surface area contributed by atoms with E-state index >= 15 is 0 Å². The molecule has 18 heavy (non-hydrogen) atoms. The van der Waals surface area contributed by atoms with Gasteiger partial charge in [0.15, 0.2) is 0 Å². The van der Waals surface area contributed by atoms with Crippen LogP contribution in [-0.4, -0.2) is 9.78 Å². The van der Waals surface area contributed by atoms with Gasteiger partial charge < -0.3 is 0 Å². The van der Waals surface area contributed by atoms with Crippen molar-refractivity contribution in [1.29, 1.82) is 5.26 Å². The maximum atomic E-state index is 11.2. The first-order chi connectivity index (χ1) is 8.79. The molecule has 0 spiro atoms. The van der Waals surface area contributed by atoms with Crippen LogP contribution in [0, 0.1) is 11.3 Å². The van der Waals surface area contributed by atoms with Crippen LogP contribution in [0.1, 0.15) is 5.56 Å². The number of nitrogens with one attached hydrogen (secondary N) is 1. The summed E-state index contributed by atoms with van der Waals surface area (Å²) in [6.45, 7) is 0. The molecule has 4 heteroatoms. The van der Waals surface area contributed by atoms with Gasteiger partial charge in [0.1, 0.15) is 0 Å². The van der Waals surface area contributed by atoms with Crippen molar-refractivity contribution in [1.82, 2.24) is 9.78 Å². The number of rotatable bonds is 1. The minimum absolute atomic E-state index is 0.150. The molecule has 3 rings (SSSR count). The minimum atomic E-state index is -0.150. The molecule has 0 saturated heterocycles. The molecule has 86 valence electrons. The number of nitriles is 1. The molecule has 1 aromatic heterocycles. The second-order valence-electron chi connectivity index (χ2n) is 3.95. The van der Waals surface area contributed by atoms with E-state index in [2.05, 4.69) is 11.2 Å². The van der Waals surface area contributed by atoms with E-state index in [-0.39, 0.29) is 5.56 Å². The molecule has 0 amide bonds. The third-order valence-electron chi connectivity index (χ3n) is 2.89. The fraction of sp³-hybridized carbons (Fsp3) is 0. The summed E-state index contributed by atoms with van der Waals surface area (Å²) in [5.74, 6) is 0. The molecule has 0 aliphatic heterocycles. The van der Waals surface area contributed by atoms with Crippen molar-refractivity contribution in [2.45, 2.75) is 0 Å². The Morgan fingerprint density at radius 3 is 2.50 bits per heavy atom. The average Bonchev–Trinajstić information content (AvgIpc) is 2.84. The summed E-state index contributed by atoms with van der Waals surface area (Å²) in [5, 5.41) is 13.6. The van der Waals surface area contributed by atoms with E-state index in [9.17, 15) is 4.79 Å². The number of nitrogens with zero attached hydrogens (tertiary/aromatic N) is 2. The molecule has 0 radical (unpaired) electrons. The molecule has 0 bridgehead atoms. The Labute approximate surface area is 103 Å². The van der Waals surface area contributed by atoms with Crippen LogP contribution in [0.4, 0.5) is 0 Å². The van der Waals surface area contributed by atoms with Gasteiger partial charge in [-0.2, -0.15) is 5.26 Å². The van der Waals surface area contributed by atoms with Crippen LogP contribution in [0.25, 0.3) is 16.5 Å². The molecule has 1 heterocycles. The Morgan fingerprint density at radius 1 is 1.06 bits per heavy atom. The molecule has 3 aromatic rings. The molecule has 4 nitrogen and oxygen atoms in total. The Hall–Kier alpha value is -2.80. The zero-order valence-electron chi connectivity index (χ0n) is 9.42. The molecule has 2 aromatic carbocycles. The number of benzene rings is 2. The van der Waals surface area contributed by atoms with E-state index in [1.807, 2.05) is 30.3 Å². The van der Waals surface area contributed by atoms with Gasteiger partial charge in [-0.15, -0.1) is 0 Å². The first-order valence-corrected chi connectivity index (χ1v) is 5.49. The van der Waals surface area contributed by atoms with Gasteiger partial charge in [0.05, 0.1) is 17.3 Å². The number of aromatic nitrogens is 2. The minimum Gasteiger partial charge on any atom is -0.268 e. The molecule has 0 aliphatic carbocycles. The van der Waals surface area contributed by atoms with E-state index in [0.717, 1.165) is 16.5 Å². The highest BCUT2D eigenvalue weighted by atomic mass is 16.1. The molecular formula is C14H9N3O. The maximum absolute atomic E-state index is 11.2. The van der Waals surface area contributed by atoms with Crippen molar-refractivity contribution in [3.8, 4) is 11.8 Å². The van der Waals surface area contributed by atoms with Crippen LogP contribution in [0.2, 0.25) is 0 Å². The van der Waals surface area contributed by atoms with Crippen LogP contribution in [0.3, 0.4) is 0 Å². The standard InChI is InChI=1S/C14H9N3O/c15-9-10-5-6-13(17-8-7-14(18)16-17)12-4-2-1-3-11(10)12/h1-8H,(H,16,18). The van der Waals surface area contributed by atoms with Crippen molar-refractivity contribution >= 4 is 10.8 Å². The predicted molar refractivity (Wildman–Crippen MR) is 68.6 cm³/mol. The molecule has 1 N–H and O–H groups in total. The summed E-state index contributed by atoms with van der Waals surface area (Å²) < 4.78 is 1.66.